The molecule has 22 heavy (non-hydrogen) atoms. The van der Waals surface area contributed by atoms with E-state index < -0.39 is 6.10 Å². The zero-order valence-electron chi connectivity index (χ0n) is 12.1. The molecule has 1 unspecified atom stereocenters. The van der Waals surface area contributed by atoms with Gasteiger partial charge in [0.1, 0.15) is 0 Å². The van der Waals surface area contributed by atoms with Gasteiger partial charge < -0.3 is 14.4 Å². The summed E-state index contributed by atoms with van der Waals surface area (Å²) in [5, 5.41) is 10.5. The molecule has 1 aliphatic rings. The molecule has 1 aromatic heterocycles. The smallest absolute Gasteiger partial charge is 0.289 e. The van der Waals surface area contributed by atoms with Gasteiger partial charge in [0.2, 0.25) is 0 Å². The van der Waals surface area contributed by atoms with E-state index in [0.717, 1.165) is 18.4 Å². The van der Waals surface area contributed by atoms with Crippen molar-refractivity contribution in [2.24, 2.45) is 5.92 Å². The lowest BCUT2D eigenvalue weighted by molar-refractivity contribution is 0.0442. The number of piperidine rings is 1. The number of likely N-dealkylation sites (tertiary alicyclic amines) is 1. The molecular formula is C17H18BrNO3. The quantitative estimate of drug-likeness (QED) is 0.905. The third-order valence-corrected chi connectivity index (χ3v) is 4.62. The maximum atomic E-state index is 12.3. The molecule has 1 fully saturated rings. The Morgan fingerprint density at radius 2 is 1.86 bits per heavy atom. The first-order valence-corrected chi connectivity index (χ1v) is 8.22. The molecule has 1 amide bonds. The summed E-state index contributed by atoms with van der Waals surface area (Å²) in [6, 6.07) is 13.1. The first kappa shape index (κ1) is 15.3. The number of carbonyl (C=O) groups is 1. The third kappa shape index (κ3) is 3.25. The SMILES string of the molecule is O=C(c1ccc(Br)o1)N1CCC(C(O)c2ccccc2)CC1. The number of hydrogen-bond donors (Lipinski definition) is 1. The molecule has 1 atom stereocenters. The number of rotatable bonds is 3. The number of aliphatic hydroxyl groups excluding tert-OH is 1. The number of nitrogens with zero attached hydrogens (tertiary/aromatic N) is 1. The molecule has 1 saturated heterocycles. The summed E-state index contributed by atoms with van der Waals surface area (Å²) in [5.41, 5.74) is 0.947. The van der Waals surface area contributed by atoms with Gasteiger partial charge in [0.25, 0.3) is 5.91 Å². The lowest BCUT2D eigenvalue weighted by atomic mass is 9.87. The zero-order chi connectivity index (χ0) is 15.5. The van der Waals surface area contributed by atoms with E-state index in [0.29, 0.717) is 23.5 Å². The molecule has 1 aromatic carbocycles. The van der Waals surface area contributed by atoms with Crippen molar-refractivity contribution in [2.75, 3.05) is 13.1 Å². The summed E-state index contributed by atoms with van der Waals surface area (Å²) in [6.07, 6.45) is 1.13. The van der Waals surface area contributed by atoms with Gasteiger partial charge >= 0.3 is 0 Å². The average molecular weight is 364 g/mol. The third-order valence-electron chi connectivity index (χ3n) is 4.20. The van der Waals surface area contributed by atoms with Crippen LogP contribution in [0.15, 0.2) is 51.6 Å². The highest BCUT2D eigenvalue weighted by atomic mass is 79.9. The van der Waals surface area contributed by atoms with Crippen molar-refractivity contribution in [2.45, 2.75) is 18.9 Å². The van der Waals surface area contributed by atoms with Crippen LogP contribution in [0.5, 0.6) is 0 Å². The highest BCUT2D eigenvalue weighted by Crippen LogP contribution is 2.31. The van der Waals surface area contributed by atoms with E-state index in [1.165, 1.54) is 0 Å². The Balaban J connectivity index is 1.59. The van der Waals surface area contributed by atoms with Gasteiger partial charge in [-0.05, 0) is 52.4 Å². The molecule has 0 aliphatic carbocycles. The fourth-order valence-corrected chi connectivity index (χ4v) is 3.23. The zero-order valence-corrected chi connectivity index (χ0v) is 13.7. The highest BCUT2D eigenvalue weighted by molar-refractivity contribution is 9.10. The Bertz CT molecular complexity index is 632. The molecule has 3 rings (SSSR count). The Labute approximate surface area is 137 Å². The summed E-state index contributed by atoms with van der Waals surface area (Å²) in [6.45, 7) is 1.29. The fraction of sp³-hybridized carbons (Fsp3) is 0.353. The Kier molecular flexibility index (Phi) is 4.64. The lowest BCUT2D eigenvalue weighted by Crippen LogP contribution is -2.39. The number of halogens is 1. The van der Waals surface area contributed by atoms with Gasteiger partial charge in [0.15, 0.2) is 10.4 Å². The van der Waals surface area contributed by atoms with Crippen molar-refractivity contribution < 1.29 is 14.3 Å². The molecule has 1 aliphatic heterocycles. The molecule has 2 heterocycles. The first-order chi connectivity index (χ1) is 10.6. The van der Waals surface area contributed by atoms with E-state index in [-0.39, 0.29) is 11.8 Å². The first-order valence-electron chi connectivity index (χ1n) is 7.43. The highest BCUT2D eigenvalue weighted by Gasteiger charge is 2.29. The molecule has 0 saturated carbocycles. The Hall–Kier alpha value is -1.59. The normalized spacial score (nSPS) is 17.5. The van der Waals surface area contributed by atoms with E-state index in [4.69, 9.17) is 4.42 Å². The fourth-order valence-electron chi connectivity index (χ4n) is 2.93. The number of furan rings is 1. The van der Waals surface area contributed by atoms with E-state index in [1.807, 2.05) is 30.3 Å². The van der Waals surface area contributed by atoms with Crippen molar-refractivity contribution in [1.29, 1.82) is 0 Å². The van der Waals surface area contributed by atoms with Crippen molar-refractivity contribution >= 4 is 21.8 Å². The summed E-state index contributed by atoms with van der Waals surface area (Å²) in [7, 11) is 0. The van der Waals surface area contributed by atoms with Crippen LogP contribution >= 0.6 is 15.9 Å². The maximum absolute atomic E-state index is 12.3. The summed E-state index contributed by atoms with van der Waals surface area (Å²) in [4.78, 5) is 14.1. The molecule has 0 bridgehead atoms. The molecule has 0 spiro atoms. The van der Waals surface area contributed by atoms with Crippen molar-refractivity contribution in [3.8, 4) is 0 Å². The number of benzene rings is 1. The Morgan fingerprint density at radius 1 is 1.18 bits per heavy atom. The van der Waals surface area contributed by atoms with Gasteiger partial charge in [-0.3, -0.25) is 4.79 Å². The van der Waals surface area contributed by atoms with Gasteiger partial charge in [0.05, 0.1) is 6.10 Å². The molecule has 116 valence electrons. The number of aliphatic hydroxyl groups is 1. The van der Waals surface area contributed by atoms with Crippen LogP contribution in [0, 0.1) is 5.92 Å². The molecule has 1 N–H and O–H groups in total. The maximum Gasteiger partial charge on any atom is 0.289 e. The van der Waals surface area contributed by atoms with Crippen LogP contribution in [0.2, 0.25) is 0 Å². The molecular weight excluding hydrogens is 346 g/mol. The van der Waals surface area contributed by atoms with Gasteiger partial charge in [0, 0.05) is 13.1 Å². The summed E-state index contributed by atoms with van der Waals surface area (Å²) < 4.78 is 5.88. The second kappa shape index (κ2) is 6.67. The van der Waals surface area contributed by atoms with Gasteiger partial charge in [-0.25, -0.2) is 0 Å². The van der Waals surface area contributed by atoms with E-state index in [9.17, 15) is 9.90 Å². The van der Waals surface area contributed by atoms with Crippen molar-refractivity contribution in [3.63, 3.8) is 0 Å². The lowest BCUT2D eigenvalue weighted by Gasteiger charge is -2.34. The minimum atomic E-state index is -0.462. The average Bonchev–Trinajstić information content (AvgIpc) is 3.01. The second-order valence-electron chi connectivity index (χ2n) is 5.59. The van der Waals surface area contributed by atoms with Crippen LogP contribution in [-0.2, 0) is 0 Å². The van der Waals surface area contributed by atoms with Crippen LogP contribution in [0.4, 0.5) is 0 Å². The van der Waals surface area contributed by atoms with Gasteiger partial charge in [-0.2, -0.15) is 0 Å². The molecule has 4 nitrogen and oxygen atoms in total. The summed E-state index contributed by atoms with van der Waals surface area (Å²) >= 11 is 3.21. The van der Waals surface area contributed by atoms with Crippen LogP contribution in [-0.4, -0.2) is 29.0 Å². The van der Waals surface area contributed by atoms with Crippen molar-refractivity contribution in [1.82, 2.24) is 4.90 Å². The van der Waals surface area contributed by atoms with Crippen LogP contribution in [0.25, 0.3) is 0 Å². The predicted octanol–water partition coefficient (Wildman–Crippen LogP) is 3.63. The summed E-state index contributed by atoms with van der Waals surface area (Å²) in [5.74, 6) is 0.460. The molecule has 2 aromatic rings. The largest absolute Gasteiger partial charge is 0.444 e. The second-order valence-corrected chi connectivity index (χ2v) is 6.37. The van der Waals surface area contributed by atoms with Crippen LogP contribution < -0.4 is 0 Å². The monoisotopic (exact) mass is 363 g/mol. The number of hydrogen-bond acceptors (Lipinski definition) is 3. The molecule has 5 heteroatoms. The van der Waals surface area contributed by atoms with Gasteiger partial charge in [-0.1, -0.05) is 30.3 Å². The standard InChI is InChI=1S/C17H18BrNO3/c18-15-7-6-14(22-15)17(21)19-10-8-13(9-11-19)16(20)12-4-2-1-3-5-12/h1-7,13,16,20H,8-11H2. The van der Waals surface area contributed by atoms with Crippen molar-refractivity contribution in [3.05, 3.63) is 58.5 Å². The predicted molar refractivity (Wildman–Crippen MR) is 86.4 cm³/mol. The van der Waals surface area contributed by atoms with E-state index >= 15 is 0 Å². The van der Waals surface area contributed by atoms with E-state index in [1.54, 1.807) is 17.0 Å². The van der Waals surface area contributed by atoms with Crippen LogP contribution in [0.3, 0.4) is 0 Å². The number of amides is 1. The van der Waals surface area contributed by atoms with Gasteiger partial charge in [-0.15, -0.1) is 0 Å². The topological polar surface area (TPSA) is 53.7 Å². The molecule has 0 radical (unpaired) electrons. The minimum Gasteiger partial charge on any atom is -0.444 e. The van der Waals surface area contributed by atoms with E-state index in [2.05, 4.69) is 15.9 Å². The van der Waals surface area contributed by atoms with Crippen LogP contribution in [0.1, 0.15) is 35.1 Å². The minimum absolute atomic E-state index is 0.0849. The number of carbonyl (C=O) groups excluding carboxylic acids is 1. The Morgan fingerprint density at radius 3 is 2.45 bits per heavy atom.